The van der Waals surface area contributed by atoms with E-state index < -0.39 is 0 Å². The molecule has 5 nitrogen and oxygen atoms in total. The molecule has 5 heteroatoms. The molecule has 1 aliphatic carbocycles. The number of rotatable bonds is 6. The van der Waals surface area contributed by atoms with Crippen LogP contribution in [0.2, 0.25) is 0 Å². The van der Waals surface area contributed by atoms with Gasteiger partial charge in [0.15, 0.2) is 0 Å². The number of nitrogens with one attached hydrogen (secondary N) is 1. The minimum atomic E-state index is -0.159. The Bertz CT molecular complexity index is 1300. The minimum Gasteiger partial charge on any atom is -0.337 e. The summed E-state index contributed by atoms with van der Waals surface area (Å²) in [6.45, 7) is 6.89. The minimum absolute atomic E-state index is 0.0918. The van der Waals surface area contributed by atoms with Gasteiger partial charge in [0.25, 0.3) is 11.8 Å². The summed E-state index contributed by atoms with van der Waals surface area (Å²) < 4.78 is 0. The third kappa shape index (κ3) is 4.44. The van der Waals surface area contributed by atoms with Gasteiger partial charge in [0.2, 0.25) is 0 Å². The molecule has 0 bridgehead atoms. The smallest absolute Gasteiger partial charge is 0.255 e. The number of benzene rings is 3. The molecule has 1 spiro atoms. The van der Waals surface area contributed by atoms with Crippen LogP contribution < -0.4 is 5.32 Å². The number of carbonyl (C=O) groups is 2. The monoisotopic (exact) mass is 479 g/mol. The van der Waals surface area contributed by atoms with Crippen LogP contribution in [0.15, 0.2) is 72.8 Å². The summed E-state index contributed by atoms with van der Waals surface area (Å²) in [5, 5.41) is 2.98. The molecule has 1 unspecified atom stereocenters. The maximum atomic E-state index is 13.6. The summed E-state index contributed by atoms with van der Waals surface area (Å²) >= 11 is 0. The average Bonchev–Trinajstić information content (AvgIpc) is 3.67. The molecule has 0 aromatic heterocycles. The van der Waals surface area contributed by atoms with Crippen LogP contribution in [0.3, 0.4) is 0 Å². The summed E-state index contributed by atoms with van der Waals surface area (Å²) in [6, 6.07) is 23.8. The largest absolute Gasteiger partial charge is 0.337 e. The second-order valence-electron chi connectivity index (χ2n) is 10.9. The van der Waals surface area contributed by atoms with Crippen molar-refractivity contribution in [1.82, 2.24) is 9.80 Å². The standard InChI is InChI=1S/C31H33N3O2/c1-22(18-33-16-13-23-7-5-6-10-25(23)20-33)19-34-21-31(14-15-31)28-12-11-26(17-27(28)30(34)36)32-29(35)24-8-3-2-4-9-24/h2-12,17,22H,13-16,18-21H2,1H3,(H,32,35). The Morgan fingerprint density at radius 2 is 1.72 bits per heavy atom. The second kappa shape index (κ2) is 9.21. The molecule has 184 valence electrons. The van der Waals surface area contributed by atoms with Crippen molar-refractivity contribution in [2.45, 2.75) is 38.1 Å². The zero-order valence-corrected chi connectivity index (χ0v) is 20.9. The zero-order chi connectivity index (χ0) is 24.7. The van der Waals surface area contributed by atoms with Crippen molar-refractivity contribution in [3.05, 3.63) is 101 Å². The summed E-state index contributed by atoms with van der Waals surface area (Å²) in [5.74, 6) is 0.320. The summed E-state index contributed by atoms with van der Waals surface area (Å²) in [6.07, 6.45) is 3.34. The highest BCUT2D eigenvalue weighted by Gasteiger charge is 2.51. The fourth-order valence-electron chi connectivity index (χ4n) is 6.06. The van der Waals surface area contributed by atoms with E-state index in [0.717, 1.165) is 63.1 Å². The first-order valence-electron chi connectivity index (χ1n) is 13.1. The Labute approximate surface area is 213 Å². The molecular formula is C31H33N3O2. The SMILES string of the molecule is CC(CN1CCc2ccccc2C1)CN1CC2(CC2)c2ccc(NC(=O)c3ccccc3)cc2C1=O. The molecule has 1 fully saturated rings. The van der Waals surface area contributed by atoms with Crippen LogP contribution in [0.1, 0.15) is 57.2 Å². The zero-order valence-electron chi connectivity index (χ0n) is 20.9. The van der Waals surface area contributed by atoms with Crippen LogP contribution in [0.5, 0.6) is 0 Å². The Morgan fingerprint density at radius 3 is 2.50 bits per heavy atom. The Kier molecular flexibility index (Phi) is 5.88. The molecule has 2 aliphatic heterocycles. The van der Waals surface area contributed by atoms with Crippen molar-refractivity contribution < 1.29 is 9.59 Å². The highest BCUT2D eigenvalue weighted by molar-refractivity contribution is 6.05. The molecule has 3 aromatic rings. The molecule has 3 aliphatic rings. The highest BCUT2D eigenvalue weighted by Crippen LogP contribution is 2.52. The van der Waals surface area contributed by atoms with Gasteiger partial charge in [-0.1, -0.05) is 55.5 Å². The quantitative estimate of drug-likeness (QED) is 0.534. The van der Waals surface area contributed by atoms with Gasteiger partial charge >= 0.3 is 0 Å². The van der Waals surface area contributed by atoms with Gasteiger partial charge in [-0.15, -0.1) is 0 Å². The number of anilines is 1. The first-order chi connectivity index (χ1) is 17.5. The van der Waals surface area contributed by atoms with E-state index in [1.165, 1.54) is 11.1 Å². The normalized spacial score (nSPS) is 18.9. The van der Waals surface area contributed by atoms with Gasteiger partial charge in [0, 0.05) is 55.0 Å². The van der Waals surface area contributed by atoms with E-state index in [-0.39, 0.29) is 17.2 Å². The summed E-state index contributed by atoms with van der Waals surface area (Å²) in [4.78, 5) is 30.9. The molecule has 3 aromatic carbocycles. The molecule has 36 heavy (non-hydrogen) atoms. The van der Waals surface area contributed by atoms with Crippen LogP contribution in [0.25, 0.3) is 0 Å². The van der Waals surface area contributed by atoms with E-state index in [1.54, 1.807) is 12.1 Å². The fraction of sp³-hybridized carbons (Fsp3) is 0.355. The first-order valence-corrected chi connectivity index (χ1v) is 13.1. The van der Waals surface area contributed by atoms with Crippen LogP contribution in [-0.2, 0) is 18.4 Å². The number of amides is 2. The lowest BCUT2D eigenvalue weighted by molar-refractivity contribution is 0.0667. The van der Waals surface area contributed by atoms with E-state index >= 15 is 0 Å². The number of fused-ring (bicyclic) bond motifs is 3. The van der Waals surface area contributed by atoms with Crippen LogP contribution >= 0.6 is 0 Å². The lowest BCUT2D eigenvalue weighted by atomic mass is 9.85. The van der Waals surface area contributed by atoms with Crippen LogP contribution in [-0.4, -0.2) is 47.8 Å². The maximum absolute atomic E-state index is 13.6. The number of carbonyl (C=O) groups excluding carboxylic acids is 2. The van der Waals surface area contributed by atoms with Gasteiger partial charge in [0.1, 0.15) is 0 Å². The van der Waals surface area contributed by atoms with E-state index in [0.29, 0.717) is 17.2 Å². The molecular weight excluding hydrogens is 446 g/mol. The Hall–Kier alpha value is -3.44. The molecule has 1 saturated carbocycles. The van der Waals surface area contributed by atoms with Crippen LogP contribution in [0.4, 0.5) is 5.69 Å². The van der Waals surface area contributed by atoms with Gasteiger partial charge in [-0.25, -0.2) is 0 Å². The van der Waals surface area contributed by atoms with Gasteiger partial charge in [0.05, 0.1) is 0 Å². The lowest BCUT2D eigenvalue weighted by Gasteiger charge is -2.38. The molecule has 0 saturated heterocycles. The topological polar surface area (TPSA) is 52.6 Å². The van der Waals surface area contributed by atoms with Gasteiger partial charge in [-0.05, 0) is 66.1 Å². The van der Waals surface area contributed by atoms with Crippen molar-refractivity contribution in [2.75, 3.05) is 31.5 Å². The number of nitrogens with zero attached hydrogens (tertiary/aromatic N) is 2. The van der Waals surface area contributed by atoms with E-state index in [9.17, 15) is 9.59 Å². The second-order valence-corrected chi connectivity index (χ2v) is 10.9. The van der Waals surface area contributed by atoms with Gasteiger partial charge < -0.3 is 10.2 Å². The van der Waals surface area contributed by atoms with Crippen molar-refractivity contribution in [3.8, 4) is 0 Å². The molecule has 1 N–H and O–H groups in total. The van der Waals surface area contributed by atoms with Crippen molar-refractivity contribution in [3.63, 3.8) is 0 Å². The first kappa shape index (κ1) is 23.0. The van der Waals surface area contributed by atoms with Crippen molar-refractivity contribution in [1.29, 1.82) is 0 Å². The number of hydrogen-bond donors (Lipinski definition) is 1. The Balaban J connectivity index is 1.15. The Morgan fingerprint density at radius 1 is 0.972 bits per heavy atom. The van der Waals surface area contributed by atoms with Gasteiger partial charge in [-0.3, -0.25) is 14.5 Å². The molecule has 6 rings (SSSR count). The molecule has 2 amide bonds. The lowest BCUT2D eigenvalue weighted by Crippen LogP contribution is -2.47. The third-order valence-corrected chi connectivity index (χ3v) is 8.06. The predicted molar refractivity (Wildman–Crippen MR) is 142 cm³/mol. The van der Waals surface area contributed by atoms with E-state index in [1.807, 2.05) is 30.3 Å². The van der Waals surface area contributed by atoms with Crippen molar-refractivity contribution in [2.24, 2.45) is 5.92 Å². The van der Waals surface area contributed by atoms with Crippen LogP contribution in [0, 0.1) is 5.92 Å². The summed E-state index contributed by atoms with van der Waals surface area (Å²) in [5.41, 5.74) is 6.18. The number of hydrogen-bond acceptors (Lipinski definition) is 3. The highest BCUT2D eigenvalue weighted by atomic mass is 16.2. The van der Waals surface area contributed by atoms with Gasteiger partial charge in [-0.2, -0.15) is 0 Å². The van der Waals surface area contributed by atoms with E-state index in [4.69, 9.17) is 0 Å². The fourth-order valence-corrected chi connectivity index (χ4v) is 6.06. The summed E-state index contributed by atoms with van der Waals surface area (Å²) in [7, 11) is 0. The molecule has 1 atom stereocenters. The van der Waals surface area contributed by atoms with E-state index in [2.05, 4.69) is 52.4 Å². The molecule has 2 heterocycles. The third-order valence-electron chi connectivity index (χ3n) is 8.06. The van der Waals surface area contributed by atoms with Crippen molar-refractivity contribution >= 4 is 17.5 Å². The average molecular weight is 480 g/mol. The predicted octanol–water partition coefficient (Wildman–Crippen LogP) is 5.12. The maximum Gasteiger partial charge on any atom is 0.255 e. The molecule has 0 radical (unpaired) electrons.